The number of nitrogens with one attached hydrogen (secondary N) is 1. The van der Waals surface area contributed by atoms with Gasteiger partial charge in [-0.25, -0.2) is 18.4 Å². The highest BCUT2D eigenvalue weighted by molar-refractivity contribution is 7.92. The molecule has 4 rings (SSSR count). The van der Waals surface area contributed by atoms with Crippen molar-refractivity contribution in [3.63, 3.8) is 0 Å². The smallest absolute Gasteiger partial charge is 0.263 e. The van der Waals surface area contributed by atoms with Gasteiger partial charge in [0.2, 0.25) is 5.88 Å². The highest BCUT2D eigenvalue weighted by Gasteiger charge is 2.21. The van der Waals surface area contributed by atoms with Crippen molar-refractivity contribution >= 4 is 27.4 Å². The summed E-state index contributed by atoms with van der Waals surface area (Å²) in [5, 5.41) is 9.61. The summed E-state index contributed by atoms with van der Waals surface area (Å²) in [5.74, 6) is 0.209. The van der Waals surface area contributed by atoms with Gasteiger partial charge in [0.15, 0.2) is 5.82 Å². The van der Waals surface area contributed by atoms with Crippen molar-refractivity contribution in [1.29, 1.82) is 0 Å². The Kier molecular flexibility index (Phi) is 6.88. The minimum absolute atomic E-state index is 0.00448. The Labute approximate surface area is 196 Å². The lowest BCUT2D eigenvalue weighted by Crippen LogP contribution is -2.15. The molecule has 4 aromatic rings. The molecule has 0 aliphatic heterocycles. The van der Waals surface area contributed by atoms with E-state index in [-0.39, 0.29) is 29.8 Å². The van der Waals surface area contributed by atoms with Gasteiger partial charge in [0.25, 0.3) is 10.0 Å². The third kappa shape index (κ3) is 5.31. The van der Waals surface area contributed by atoms with Crippen LogP contribution in [-0.2, 0) is 10.0 Å². The molecular weight excluding hydrogens is 462 g/mol. The first kappa shape index (κ1) is 22.7. The van der Waals surface area contributed by atoms with Gasteiger partial charge in [-0.1, -0.05) is 66.2 Å². The Morgan fingerprint density at radius 1 is 0.848 bits per heavy atom. The Morgan fingerprint density at radius 2 is 1.48 bits per heavy atom. The number of ether oxygens (including phenoxy) is 1. The van der Waals surface area contributed by atoms with Gasteiger partial charge in [-0.3, -0.25) is 4.72 Å². The van der Waals surface area contributed by atoms with E-state index in [1.807, 2.05) is 54.6 Å². The largest absolute Gasteiger partial charge is 0.475 e. The Morgan fingerprint density at radius 3 is 2.15 bits per heavy atom. The maximum absolute atomic E-state index is 13.0. The molecule has 0 amide bonds. The van der Waals surface area contributed by atoms with E-state index in [0.29, 0.717) is 16.1 Å². The fourth-order valence-corrected chi connectivity index (χ4v) is 4.37. The molecule has 3 aromatic carbocycles. The summed E-state index contributed by atoms with van der Waals surface area (Å²) in [7, 11) is -3.95. The van der Waals surface area contributed by atoms with Crippen molar-refractivity contribution < 1.29 is 18.3 Å². The van der Waals surface area contributed by atoms with Crippen molar-refractivity contribution in [3.8, 4) is 28.1 Å². The van der Waals surface area contributed by atoms with Crippen molar-refractivity contribution in [2.75, 3.05) is 17.9 Å². The van der Waals surface area contributed by atoms with E-state index in [2.05, 4.69) is 14.7 Å². The van der Waals surface area contributed by atoms with Crippen LogP contribution in [0.1, 0.15) is 0 Å². The number of halogens is 1. The molecule has 0 saturated heterocycles. The molecule has 0 saturated carbocycles. The molecule has 9 heteroatoms. The molecule has 2 N–H and O–H groups in total. The molecule has 168 valence electrons. The highest BCUT2D eigenvalue weighted by Crippen LogP contribution is 2.36. The van der Waals surface area contributed by atoms with Crippen LogP contribution in [0.15, 0.2) is 90.1 Å². The van der Waals surface area contributed by atoms with Crippen molar-refractivity contribution in [2.45, 2.75) is 4.90 Å². The van der Waals surface area contributed by atoms with Crippen molar-refractivity contribution in [2.24, 2.45) is 0 Å². The van der Waals surface area contributed by atoms with E-state index in [4.69, 9.17) is 16.3 Å². The Hall–Kier alpha value is -3.46. The first-order valence-corrected chi connectivity index (χ1v) is 11.9. The minimum atomic E-state index is -3.95. The van der Waals surface area contributed by atoms with Crippen LogP contribution < -0.4 is 9.46 Å². The van der Waals surface area contributed by atoms with Gasteiger partial charge in [0, 0.05) is 5.02 Å². The second-order valence-electron chi connectivity index (χ2n) is 6.98. The van der Waals surface area contributed by atoms with Gasteiger partial charge < -0.3 is 9.84 Å². The average molecular weight is 482 g/mol. The van der Waals surface area contributed by atoms with Crippen LogP contribution in [0.5, 0.6) is 5.88 Å². The molecule has 0 radical (unpaired) electrons. The van der Waals surface area contributed by atoms with Crippen LogP contribution in [0.3, 0.4) is 0 Å². The molecule has 0 aliphatic rings. The van der Waals surface area contributed by atoms with E-state index in [0.717, 1.165) is 11.1 Å². The summed E-state index contributed by atoms with van der Waals surface area (Å²) in [6, 6.07) is 23.2. The van der Waals surface area contributed by atoms with Crippen LogP contribution in [0, 0.1) is 0 Å². The van der Waals surface area contributed by atoms with Gasteiger partial charge in [0.05, 0.1) is 17.1 Å². The molecule has 7 nitrogen and oxygen atoms in total. The van der Waals surface area contributed by atoms with Crippen LogP contribution in [0.2, 0.25) is 5.02 Å². The van der Waals surface area contributed by atoms with Crippen LogP contribution in [0.4, 0.5) is 5.82 Å². The highest BCUT2D eigenvalue weighted by atomic mass is 35.5. The number of benzene rings is 3. The summed E-state index contributed by atoms with van der Waals surface area (Å²) < 4.78 is 34.0. The van der Waals surface area contributed by atoms with E-state index in [1.165, 1.54) is 30.6 Å². The molecule has 0 aliphatic carbocycles. The predicted molar refractivity (Wildman–Crippen MR) is 128 cm³/mol. The predicted octanol–water partition coefficient (Wildman–Crippen LogP) is 4.64. The number of hydrogen-bond acceptors (Lipinski definition) is 6. The Bertz CT molecular complexity index is 1330. The standard InChI is InChI=1S/C24H20ClN3O4S/c25-20-10-12-21(13-11-20)33(30,31)28-23-22(24(27-16-26-23)32-15-14-29)19-8-6-18(7-9-19)17-4-2-1-3-5-17/h1-13,16,29H,14-15H2,(H,26,27,28). The van der Waals surface area contributed by atoms with E-state index in [1.54, 1.807) is 0 Å². The topological polar surface area (TPSA) is 101 Å². The number of sulfonamides is 1. The summed E-state index contributed by atoms with van der Waals surface area (Å²) in [6.45, 7) is -0.224. The van der Waals surface area contributed by atoms with E-state index in [9.17, 15) is 13.5 Å². The van der Waals surface area contributed by atoms with Gasteiger partial charge >= 0.3 is 0 Å². The number of aliphatic hydroxyl groups is 1. The monoisotopic (exact) mass is 481 g/mol. The average Bonchev–Trinajstić information content (AvgIpc) is 2.83. The number of anilines is 1. The number of aliphatic hydroxyl groups excluding tert-OH is 1. The van der Waals surface area contributed by atoms with Gasteiger partial charge in [-0.15, -0.1) is 0 Å². The normalized spacial score (nSPS) is 11.2. The van der Waals surface area contributed by atoms with E-state index < -0.39 is 10.0 Å². The molecule has 0 bridgehead atoms. The third-order valence-electron chi connectivity index (χ3n) is 4.78. The van der Waals surface area contributed by atoms with Crippen molar-refractivity contribution in [3.05, 3.63) is 90.2 Å². The third-order valence-corrected chi connectivity index (χ3v) is 6.39. The molecular formula is C24H20ClN3O4S. The lowest BCUT2D eigenvalue weighted by molar-refractivity contribution is 0.197. The molecule has 1 aromatic heterocycles. The summed E-state index contributed by atoms with van der Waals surface area (Å²) in [6.07, 6.45) is 1.20. The zero-order valence-corrected chi connectivity index (χ0v) is 18.9. The first-order valence-electron chi connectivity index (χ1n) is 10.0. The summed E-state index contributed by atoms with van der Waals surface area (Å²) in [4.78, 5) is 8.35. The molecule has 0 spiro atoms. The maximum Gasteiger partial charge on any atom is 0.263 e. The first-order chi connectivity index (χ1) is 16.0. The fraction of sp³-hybridized carbons (Fsp3) is 0.0833. The number of nitrogens with zero attached hydrogens (tertiary/aromatic N) is 2. The minimum Gasteiger partial charge on any atom is -0.475 e. The molecule has 0 atom stereocenters. The van der Waals surface area contributed by atoms with Gasteiger partial charge in [-0.2, -0.15) is 0 Å². The maximum atomic E-state index is 13.0. The second kappa shape index (κ2) is 9.99. The lowest BCUT2D eigenvalue weighted by Gasteiger charge is -2.15. The van der Waals surface area contributed by atoms with Crippen molar-refractivity contribution in [1.82, 2.24) is 9.97 Å². The number of rotatable bonds is 8. The molecule has 33 heavy (non-hydrogen) atoms. The number of aromatic nitrogens is 2. The van der Waals surface area contributed by atoms with Crippen LogP contribution in [-0.4, -0.2) is 36.7 Å². The quantitative estimate of drug-likeness (QED) is 0.380. The number of hydrogen-bond donors (Lipinski definition) is 2. The molecule has 0 fully saturated rings. The molecule has 0 unspecified atom stereocenters. The lowest BCUT2D eigenvalue weighted by atomic mass is 10.0. The zero-order valence-electron chi connectivity index (χ0n) is 17.3. The van der Waals surface area contributed by atoms with Gasteiger partial charge in [-0.05, 0) is 41.0 Å². The second-order valence-corrected chi connectivity index (χ2v) is 9.10. The van der Waals surface area contributed by atoms with Crippen LogP contribution >= 0.6 is 11.6 Å². The van der Waals surface area contributed by atoms with Gasteiger partial charge in [0.1, 0.15) is 12.9 Å². The SMILES string of the molecule is O=S(=O)(Nc1ncnc(OCCO)c1-c1ccc(-c2ccccc2)cc1)c1ccc(Cl)cc1. The fourth-order valence-electron chi connectivity index (χ4n) is 3.22. The molecule has 1 heterocycles. The van der Waals surface area contributed by atoms with Crippen LogP contribution in [0.25, 0.3) is 22.3 Å². The Balaban J connectivity index is 1.75. The summed E-state index contributed by atoms with van der Waals surface area (Å²) >= 11 is 5.88. The zero-order chi connectivity index (χ0) is 23.3. The summed E-state index contributed by atoms with van der Waals surface area (Å²) in [5.41, 5.74) is 3.06. The van der Waals surface area contributed by atoms with E-state index >= 15 is 0 Å².